The molecule has 3 aromatic carbocycles. The van der Waals surface area contributed by atoms with Crippen LogP contribution < -0.4 is 4.72 Å². The zero-order valence-corrected chi connectivity index (χ0v) is 17.0. The van der Waals surface area contributed by atoms with E-state index >= 15 is 0 Å². The normalized spacial score (nSPS) is 11.8. The second-order valence-corrected chi connectivity index (χ2v) is 9.33. The Morgan fingerprint density at radius 3 is 1.82 bits per heavy atom. The van der Waals surface area contributed by atoms with Gasteiger partial charge >= 0.3 is 0 Å². The van der Waals surface area contributed by atoms with Crippen LogP contribution in [0.1, 0.15) is 42.3 Å². The highest BCUT2D eigenvalue weighted by Gasteiger charge is 2.18. The number of rotatable bonds is 5. The van der Waals surface area contributed by atoms with E-state index in [1.807, 2.05) is 18.2 Å². The molecule has 0 unspecified atom stereocenters. The molecule has 0 heterocycles. The zero-order valence-electron chi connectivity index (χ0n) is 16.1. The van der Waals surface area contributed by atoms with E-state index < -0.39 is 10.0 Å². The fraction of sp³-hybridized carbons (Fsp3) is 0.174. The minimum atomic E-state index is -3.70. The van der Waals surface area contributed by atoms with Crippen molar-refractivity contribution in [2.75, 3.05) is 4.72 Å². The summed E-state index contributed by atoms with van der Waals surface area (Å²) in [5.74, 6) is -0.104. The minimum Gasteiger partial charge on any atom is -0.289 e. The SMILES string of the molecule is CC(C)(C)c1ccc(S(=O)(=O)Nc2ccc(C(=O)c3ccccc3)cc2)cc1. The Labute approximate surface area is 166 Å². The van der Waals surface area contributed by atoms with Gasteiger partial charge in [-0.2, -0.15) is 0 Å². The third kappa shape index (κ3) is 4.49. The molecule has 0 saturated carbocycles. The van der Waals surface area contributed by atoms with Crippen LogP contribution in [0, 0.1) is 0 Å². The van der Waals surface area contributed by atoms with E-state index in [0.29, 0.717) is 16.8 Å². The first-order valence-electron chi connectivity index (χ1n) is 9.00. The molecule has 0 radical (unpaired) electrons. The van der Waals surface area contributed by atoms with Crippen molar-refractivity contribution in [1.82, 2.24) is 0 Å². The number of hydrogen-bond donors (Lipinski definition) is 1. The number of benzene rings is 3. The molecule has 1 N–H and O–H groups in total. The van der Waals surface area contributed by atoms with Crippen molar-refractivity contribution in [2.24, 2.45) is 0 Å². The molecule has 0 saturated heterocycles. The van der Waals surface area contributed by atoms with Gasteiger partial charge in [0.15, 0.2) is 5.78 Å². The Bertz CT molecular complexity index is 1060. The molecule has 4 nitrogen and oxygen atoms in total. The van der Waals surface area contributed by atoms with Crippen LogP contribution >= 0.6 is 0 Å². The third-order valence-corrected chi connectivity index (χ3v) is 5.86. The lowest BCUT2D eigenvalue weighted by Crippen LogP contribution is -2.15. The number of anilines is 1. The molecule has 0 aliphatic carbocycles. The first-order chi connectivity index (χ1) is 13.2. The summed E-state index contributed by atoms with van der Waals surface area (Å²) in [6.07, 6.45) is 0. The minimum absolute atomic E-state index is 0.0448. The molecular weight excluding hydrogens is 370 g/mol. The molecular formula is C23H23NO3S. The fourth-order valence-corrected chi connectivity index (χ4v) is 3.85. The molecule has 0 aliphatic heterocycles. The smallest absolute Gasteiger partial charge is 0.261 e. The van der Waals surface area contributed by atoms with E-state index in [0.717, 1.165) is 5.56 Å². The fourth-order valence-electron chi connectivity index (χ4n) is 2.79. The van der Waals surface area contributed by atoms with Crippen LogP contribution in [0.2, 0.25) is 0 Å². The van der Waals surface area contributed by atoms with Crippen molar-refractivity contribution in [1.29, 1.82) is 0 Å². The summed E-state index contributed by atoms with van der Waals surface area (Å²) in [7, 11) is -3.70. The maximum absolute atomic E-state index is 12.6. The quantitative estimate of drug-likeness (QED) is 0.619. The standard InChI is InChI=1S/C23H23NO3S/c1-23(2,3)19-11-15-21(16-12-19)28(26,27)24-20-13-9-18(10-14-20)22(25)17-7-5-4-6-8-17/h4-16,24H,1-3H3. The summed E-state index contributed by atoms with van der Waals surface area (Å²) in [6, 6.07) is 22.3. The Balaban J connectivity index is 1.77. The highest BCUT2D eigenvalue weighted by molar-refractivity contribution is 7.92. The molecule has 0 bridgehead atoms. The van der Waals surface area contributed by atoms with Crippen molar-refractivity contribution in [3.05, 3.63) is 95.6 Å². The van der Waals surface area contributed by atoms with Crippen LogP contribution in [-0.4, -0.2) is 14.2 Å². The van der Waals surface area contributed by atoms with Crippen LogP contribution in [0.5, 0.6) is 0 Å². The number of carbonyl (C=O) groups excluding carboxylic acids is 1. The summed E-state index contributed by atoms with van der Waals surface area (Å²) in [6.45, 7) is 6.23. The van der Waals surface area contributed by atoms with E-state index in [-0.39, 0.29) is 16.1 Å². The maximum atomic E-state index is 12.6. The van der Waals surface area contributed by atoms with Crippen LogP contribution in [0.15, 0.2) is 83.8 Å². The largest absolute Gasteiger partial charge is 0.289 e. The summed E-state index contributed by atoms with van der Waals surface area (Å²) in [4.78, 5) is 12.6. The van der Waals surface area contributed by atoms with Crippen molar-refractivity contribution < 1.29 is 13.2 Å². The molecule has 0 atom stereocenters. The van der Waals surface area contributed by atoms with E-state index in [4.69, 9.17) is 0 Å². The Morgan fingerprint density at radius 2 is 1.29 bits per heavy atom. The Hall–Kier alpha value is -2.92. The highest BCUT2D eigenvalue weighted by atomic mass is 32.2. The highest BCUT2D eigenvalue weighted by Crippen LogP contribution is 2.24. The van der Waals surface area contributed by atoms with Gasteiger partial charge in [0.25, 0.3) is 10.0 Å². The molecule has 28 heavy (non-hydrogen) atoms. The predicted octanol–water partition coefficient (Wildman–Crippen LogP) is 5.02. The molecule has 0 amide bonds. The molecule has 0 aliphatic rings. The summed E-state index contributed by atoms with van der Waals surface area (Å²) in [5.41, 5.74) is 2.52. The van der Waals surface area contributed by atoms with Crippen molar-refractivity contribution >= 4 is 21.5 Å². The van der Waals surface area contributed by atoms with E-state index in [2.05, 4.69) is 25.5 Å². The lowest BCUT2D eigenvalue weighted by molar-refractivity contribution is 0.103. The molecule has 144 valence electrons. The van der Waals surface area contributed by atoms with Crippen molar-refractivity contribution in [2.45, 2.75) is 31.1 Å². The molecule has 0 aromatic heterocycles. The van der Waals surface area contributed by atoms with E-state index in [1.54, 1.807) is 60.7 Å². The first kappa shape index (κ1) is 19.8. The number of nitrogens with one attached hydrogen (secondary N) is 1. The second-order valence-electron chi connectivity index (χ2n) is 7.65. The monoisotopic (exact) mass is 393 g/mol. The molecule has 5 heteroatoms. The van der Waals surface area contributed by atoms with Gasteiger partial charge in [-0.1, -0.05) is 63.2 Å². The predicted molar refractivity (Wildman–Crippen MR) is 112 cm³/mol. The molecule has 0 spiro atoms. The summed E-state index contributed by atoms with van der Waals surface area (Å²) >= 11 is 0. The third-order valence-electron chi connectivity index (χ3n) is 4.47. The van der Waals surface area contributed by atoms with Crippen LogP contribution in [0.25, 0.3) is 0 Å². The van der Waals surface area contributed by atoms with Gasteiger partial charge in [0.05, 0.1) is 4.90 Å². The Morgan fingerprint density at radius 1 is 0.750 bits per heavy atom. The van der Waals surface area contributed by atoms with Crippen LogP contribution in [0.3, 0.4) is 0 Å². The second kappa shape index (κ2) is 7.60. The Kier molecular flexibility index (Phi) is 5.38. The topological polar surface area (TPSA) is 63.2 Å². The van der Waals surface area contributed by atoms with E-state index in [1.165, 1.54) is 0 Å². The first-order valence-corrected chi connectivity index (χ1v) is 10.5. The van der Waals surface area contributed by atoms with Gasteiger partial charge in [0, 0.05) is 16.8 Å². The van der Waals surface area contributed by atoms with Gasteiger partial charge < -0.3 is 0 Å². The van der Waals surface area contributed by atoms with Gasteiger partial charge in [0.2, 0.25) is 0 Å². The number of ketones is 1. The summed E-state index contributed by atoms with van der Waals surface area (Å²) < 4.78 is 27.8. The van der Waals surface area contributed by atoms with Crippen molar-refractivity contribution in [3.63, 3.8) is 0 Å². The zero-order chi connectivity index (χ0) is 20.4. The van der Waals surface area contributed by atoms with Crippen LogP contribution in [0.4, 0.5) is 5.69 Å². The van der Waals surface area contributed by atoms with Gasteiger partial charge in [-0.05, 0) is 47.4 Å². The lowest BCUT2D eigenvalue weighted by Gasteiger charge is -2.19. The number of carbonyl (C=O) groups is 1. The molecule has 0 fully saturated rings. The number of sulfonamides is 1. The average molecular weight is 394 g/mol. The van der Waals surface area contributed by atoms with Crippen molar-refractivity contribution in [3.8, 4) is 0 Å². The summed E-state index contributed by atoms with van der Waals surface area (Å²) in [5, 5.41) is 0. The molecule has 3 rings (SSSR count). The number of hydrogen-bond acceptors (Lipinski definition) is 3. The van der Waals surface area contributed by atoms with Gasteiger partial charge in [-0.3, -0.25) is 9.52 Å². The van der Waals surface area contributed by atoms with Gasteiger partial charge in [-0.25, -0.2) is 8.42 Å². The average Bonchev–Trinajstić information content (AvgIpc) is 2.68. The van der Waals surface area contributed by atoms with E-state index in [9.17, 15) is 13.2 Å². The van der Waals surface area contributed by atoms with Crippen LogP contribution in [-0.2, 0) is 15.4 Å². The van der Waals surface area contributed by atoms with Gasteiger partial charge in [0.1, 0.15) is 0 Å². The lowest BCUT2D eigenvalue weighted by atomic mass is 9.87. The van der Waals surface area contributed by atoms with Gasteiger partial charge in [-0.15, -0.1) is 0 Å². The molecule has 3 aromatic rings. The maximum Gasteiger partial charge on any atom is 0.261 e.